The number of hydrogen-bond donors (Lipinski definition) is 2. The van der Waals surface area contributed by atoms with Crippen LogP contribution in [-0.2, 0) is 0 Å². The number of carbonyl (C=O) groups is 1. The number of hydrazone groups is 1. The molecule has 0 aliphatic heterocycles. The summed E-state index contributed by atoms with van der Waals surface area (Å²) in [5, 5.41) is 4.07. The molecule has 0 spiro atoms. The second-order valence-electron chi connectivity index (χ2n) is 4.09. The fraction of sp³-hybridized carbons (Fsp3) is 0.333. The van der Waals surface area contributed by atoms with Crippen LogP contribution in [0.5, 0.6) is 0 Å². The number of nitrogens with two attached hydrogens (primary N) is 1. The Hall–Kier alpha value is -1.84. The Morgan fingerprint density at radius 1 is 1.38 bits per heavy atom. The van der Waals surface area contributed by atoms with Crippen molar-refractivity contribution in [1.82, 2.24) is 5.43 Å². The number of anilines is 1. The first-order valence-corrected chi connectivity index (χ1v) is 5.37. The monoisotopic (exact) mass is 217 g/mol. The van der Waals surface area contributed by atoms with Crippen molar-refractivity contribution in [3.05, 3.63) is 29.8 Å². The molecule has 1 aromatic carbocycles. The highest BCUT2D eigenvalue weighted by Gasteiger charge is 2.24. The molecular weight excluding hydrogens is 202 g/mol. The van der Waals surface area contributed by atoms with Gasteiger partial charge in [0.1, 0.15) is 0 Å². The molecule has 0 unspecified atom stereocenters. The molecule has 84 valence electrons. The van der Waals surface area contributed by atoms with Crippen molar-refractivity contribution in [1.29, 1.82) is 0 Å². The van der Waals surface area contributed by atoms with Crippen molar-refractivity contribution < 1.29 is 4.79 Å². The normalized spacial score (nSPS) is 15.9. The Morgan fingerprint density at radius 3 is 2.56 bits per heavy atom. The maximum absolute atomic E-state index is 11.6. The van der Waals surface area contributed by atoms with E-state index < -0.39 is 0 Å². The highest BCUT2D eigenvalue weighted by molar-refractivity contribution is 5.96. The minimum Gasteiger partial charge on any atom is -0.399 e. The molecule has 2 rings (SSSR count). The van der Waals surface area contributed by atoms with Crippen LogP contribution in [0.25, 0.3) is 0 Å². The van der Waals surface area contributed by atoms with Crippen LogP contribution < -0.4 is 11.2 Å². The van der Waals surface area contributed by atoms with Crippen molar-refractivity contribution in [2.24, 2.45) is 11.0 Å². The number of benzene rings is 1. The van der Waals surface area contributed by atoms with Crippen molar-refractivity contribution in [2.75, 3.05) is 5.73 Å². The highest BCUT2D eigenvalue weighted by atomic mass is 16.2. The number of nitrogen functional groups attached to an aromatic ring is 1. The predicted molar refractivity (Wildman–Crippen MR) is 64.2 cm³/mol. The van der Waals surface area contributed by atoms with Crippen molar-refractivity contribution in [3.8, 4) is 0 Å². The van der Waals surface area contributed by atoms with Crippen LogP contribution in [0.2, 0.25) is 0 Å². The van der Waals surface area contributed by atoms with Crippen molar-refractivity contribution in [3.63, 3.8) is 0 Å². The molecule has 0 heterocycles. The number of rotatable bonds is 3. The van der Waals surface area contributed by atoms with Crippen LogP contribution in [0.3, 0.4) is 0 Å². The van der Waals surface area contributed by atoms with E-state index in [0.717, 1.165) is 5.71 Å². The number of nitrogens with zero attached hydrogens (tertiary/aromatic N) is 1. The van der Waals surface area contributed by atoms with E-state index in [1.807, 2.05) is 6.92 Å². The summed E-state index contributed by atoms with van der Waals surface area (Å²) in [6.45, 7) is 1.95. The maximum Gasteiger partial charge on any atom is 0.271 e. The fourth-order valence-corrected chi connectivity index (χ4v) is 1.43. The zero-order chi connectivity index (χ0) is 11.5. The summed E-state index contributed by atoms with van der Waals surface area (Å²) in [7, 11) is 0. The van der Waals surface area contributed by atoms with E-state index in [-0.39, 0.29) is 5.91 Å². The minimum absolute atomic E-state index is 0.194. The summed E-state index contributed by atoms with van der Waals surface area (Å²) in [4.78, 5) is 11.6. The second-order valence-corrected chi connectivity index (χ2v) is 4.09. The van der Waals surface area contributed by atoms with Crippen LogP contribution in [0.1, 0.15) is 30.1 Å². The zero-order valence-corrected chi connectivity index (χ0v) is 9.23. The molecule has 1 fully saturated rings. The van der Waals surface area contributed by atoms with Crippen LogP contribution in [0.4, 0.5) is 5.69 Å². The Balaban J connectivity index is 1.97. The molecule has 16 heavy (non-hydrogen) atoms. The molecule has 0 atom stereocenters. The lowest BCUT2D eigenvalue weighted by atomic mass is 10.2. The number of nitrogens with one attached hydrogen (secondary N) is 1. The summed E-state index contributed by atoms with van der Waals surface area (Å²) in [6.07, 6.45) is 2.38. The van der Waals surface area contributed by atoms with Crippen LogP contribution in [-0.4, -0.2) is 11.6 Å². The topological polar surface area (TPSA) is 67.5 Å². The van der Waals surface area contributed by atoms with Gasteiger partial charge in [-0.3, -0.25) is 4.79 Å². The number of amides is 1. The van der Waals surface area contributed by atoms with E-state index in [2.05, 4.69) is 10.5 Å². The van der Waals surface area contributed by atoms with Gasteiger partial charge in [-0.15, -0.1) is 0 Å². The lowest BCUT2D eigenvalue weighted by molar-refractivity contribution is 0.0954. The Labute approximate surface area is 94.5 Å². The SMILES string of the molecule is C/C(=N\NC(=O)c1ccc(N)cc1)C1CC1. The van der Waals surface area contributed by atoms with Gasteiger partial charge in [0.25, 0.3) is 5.91 Å². The first-order valence-electron chi connectivity index (χ1n) is 5.37. The van der Waals surface area contributed by atoms with Crippen LogP contribution in [0, 0.1) is 5.92 Å². The lowest BCUT2D eigenvalue weighted by Gasteiger charge is -2.01. The molecule has 1 aromatic rings. The summed E-state index contributed by atoms with van der Waals surface area (Å²) in [6, 6.07) is 6.78. The summed E-state index contributed by atoms with van der Waals surface area (Å²) in [5.74, 6) is 0.381. The van der Waals surface area contributed by atoms with Gasteiger partial charge in [0, 0.05) is 17.0 Å². The molecule has 4 heteroatoms. The van der Waals surface area contributed by atoms with Gasteiger partial charge in [-0.2, -0.15) is 5.10 Å². The Bertz CT molecular complexity index is 418. The van der Waals surface area contributed by atoms with Gasteiger partial charge in [-0.1, -0.05) is 0 Å². The standard InChI is InChI=1S/C12H15N3O/c1-8(9-2-3-9)14-15-12(16)10-4-6-11(13)7-5-10/h4-7,9H,2-3,13H2,1H3,(H,15,16)/b14-8+. The smallest absolute Gasteiger partial charge is 0.271 e. The molecule has 1 aliphatic rings. The quantitative estimate of drug-likeness (QED) is 0.460. The van der Waals surface area contributed by atoms with Crippen molar-refractivity contribution in [2.45, 2.75) is 19.8 Å². The molecule has 4 nitrogen and oxygen atoms in total. The minimum atomic E-state index is -0.194. The molecule has 3 N–H and O–H groups in total. The van der Waals surface area contributed by atoms with Gasteiger partial charge < -0.3 is 5.73 Å². The van der Waals surface area contributed by atoms with E-state index in [1.165, 1.54) is 12.8 Å². The Kier molecular flexibility index (Phi) is 2.90. The third-order valence-electron chi connectivity index (χ3n) is 2.67. The first-order chi connectivity index (χ1) is 7.66. The van der Waals surface area contributed by atoms with Gasteiger partial charge in [0.2, 0.25) is 0 Å². The van der Waals surface area contributed by atoms with E-state index in [4.69, 9.17) is 5.73 Å². The van der Waals surface area contributed by atoms with E-state index in [9.17, 15) is 4.79 Å². The highest BCUT2D eigenvalue weighted by Crippen LogP contribution is 2.30. The van der Waals surface area contributed by atoms with Gasteiger partial charge in [-0.05, 0) is 49.9 Å². The first kappa shape index (κ1) is 10.7. The largest absolute Gasteiger partial charge is 0.399 e. The second kappa shape index (κ2) is 4.35. The molecule has 0 bridgehead atoms. The molecule has 0 saturated heterocycles. The van der Waals surface area contributed by atoms with Crippen molar-refractivity contribution >= 4 is 17.3 Å². The summed E-state index contributed by atoms with van der Waals surface area (Å²) < 4.78 is 0. The zero-order valence-electron chi connectivity index (χ0n) is 9.23. The Morgan fingerprint density at radius 2 is 2.00 bits per heavy atom. The van der Waals surface area contributed by atoms with Crippen LogP contribution >= 0.6 is 0 Å². The van der Waals surface area contributed by atoms with E-state index in [0.29, 0.717) is 17.2 Å². The maximum atomic E-state index is 11.6. The van der Waals surface area contributed by atoms with E-state index in [1.54, 1.807) is 24.3 Å². The molecular formula is C12H15N3O. The number of hydrogen-bond acceptors (Lipinski definition) is 3. The van der Waals surface area contributed by atoms with Gasteiger partial charge >= 0.3 is 0 Å². The molecule has 0 aromatic heterocycles. The van der Waals surface area contributed by atoms with Gasteiger partial charge in [-0.25, -0.2) is 5.43 Å². The summed E-state index contributed by atoms with van der Waals surface area (Å²) in [5.41, 5.74) is 10.3. The third-order valence-corrected chi connectivity index (χ3v) is 2.67. The molecule has 0 radical (unpaired) electrons. The molecule has 1 aliphatic carbocycles. The van der Waals surface area contributed by atoms with Crippen LogP contribution in [0.15, 0.2) is 29.4 Å². The predicted octanol–water partition coefficient (Wildman–Crippen LogP) is 1.78. The van der Waals surface area contributed by atoms with E-state index >= 15 is 0 Å². The summed E-state index contributed by atoms with van der Waals surface area (Å²) >= 11 is 0. The average molecular weight is 217 g/mol. The third kappa shape index (κ3) is 2.59. The fourth-order valence-electron chi connectivity index (χ4n) is 1.43. The molecule has 1 amide bonds. The molecule has 1 saturated carbocycles. The lowest BCUT2D eigenvalue weighted by Crippen LogP contribution is -2.19. The average Bonchev–Trinajstić information content (AvgIpc) is 3.10. The van der Waals surface area contributed by atoms with Gasteiger partial charge in [0.15, 0.2) is 0 Å². The number of carbonyl (C=O) groups excluding carboxylic acids is 1. The van der Waals surface area contributed by atoms with Gasteiger partial charge in [0.05, 0.1) is 0 Å².